The van der Waals surface area contributed by atoms with Crippen molar-refractivity contribution in [3.8, 4) is 0 Å². The van der Waals surface area contributed by atoms with Crippen LogP contribution < -0.4 is 0 Å². The summed E-state index contributed by atoms with van der Waals surface area (Å²) in [5.41, 5.74) is 0.733. The molecule has 84 valence electrons. The van der Waals surface area contributed by atoms with Crippen molar-refractivity contribution in [3.05, 3.63) is 24.0 Å². The largest absolute Gasteiger partial charge is 0.347 e. The van der Waals surface area contributed by atoms with E-state index < -0.39 is 0 Å². The first-order valence-corrected chi connectivity index (χ1v) is 5.04. The molecule has 15 heavy (non-hydrogen) atoms. The molecular weight excluding hydrogens is 190 g/mol. The van der Waals surface area contributed by atoms with Gasteiger partial charge >= 0.3 is 0 Å². The van der Waals surface area contributed by atoms with Gasteiger partial charge < -0.3 is 14.4 Å². The van der Waals surface area contributed by atoms with E-state index in [0.29, 0.717) is 0 Å². The molecule has 0 N–H and O–H groups in total. The Morgan fingerprint density at radius 2 is 2.00 bits per heavy atom. The molecule has 1 rings (SSSR count). The summed E-state index contributed by atoms with van der Waals surface area (Å²) in [6.07, 6.45) is 1.88. The number of rotatable bonds is 4. The highest BCUT2D eigenvalue weighted by atomic mass is 16.2. The second kappa shape index (κ2) is 4.98. The first-order valence-electron chi connectivity index (χ1n) is 5.04. The summed E-state index contributed by atoms with van der Waals surface area (Å²) >= 11 is 0. The highest BCUT2D eigenvalue weighted by Crippen LogP contribution is 2.03. The van der Waals surface area contributed by atoms with Gasteiger partial charge in [0.1, 0.15) is 5.69 Å². The van der Waals surface area contributed by atoms with E-state index in [-0.39, 0.29) is 5.91 Å². The summed E-state index contributed by atoms with van der Waals surface area (Å²) in [6.45, 7) is 1.63. The summed E-state index contributed by atoms with van der Waals surface area (Å²) < 4.78 is 1.84. The number of aryl methyl sites for hydroxylation is 1. The van der Waals surface area contributed by atoms with Crippen LogP contribution in [0.15, 0.2) is 18.3 Å². The van der Waals surface area contributed by atoms with Crippen molar-refractivity contribution in [1.82, 2.24) is 14.4 Å². The van der Waals surface area contributed by atoms with E-state index in [1.807, 2.05) is 51.1 Å². The van der Waals surface area contributed by atoms with Crippen LogP contribution in [0.5, 0.6) is 0 Å². The van der Waals surface area contributed by atoms with E-state index in [4.69, 9.17) is 0 Å². The van der Waals surface area contributed by atoms with Gasteiger partial charge in [-0.05, 0) is 26.2 Å². The number of hydrogen-bond donors (Lipinski definition) is 0. The predicted octanol–water partition coefficient (Wildman–Crippen LogP) is 0.659. The number of likely N-dealkylation sites (N-methyl/N-ethyl adjacent to an activating group) is 2. The van der Waals surface area contributed by atoms with Crippen LogP contribution in [0, 0.1) is 0 Å². The molecule has 0 aliphatic carbocycles. The molecule has 4 heteroatoms. The zero-order valence-corrected chi connectivity index (χ0v) is 9.90. The molecule has 4 nitrogen and oxygen atoms in total. The van der Waals surface area contributed by atoms with E-state index in [1.165, 1.54) is 0 Å². The lowest BCUT2D eigenvalue weighted by Crippen LogP contribution is -2.34. The van der Waals surface area contributed by atoms with Gasteiger partial charge in [0.05, 0.1) is 0 Å². The van der Waals surface area contributed by atoms with Crippen LogP contribution in [0.4, 0.5) is 0 Å². The van der Waals surface area contributed by atoms with Gasteiger partial charge in [0.25, 0.3) is 5.91 Å². The topological polar surface area (TPSA) is 28.5 Å². The molecule has 0 unspecified atom stereocenters. The lowest BCUT2D eigenvalue weighted by molar-refractivity contribution is 0.0777. The Morgan fingerprint density at radius 3 is 2.47 bits per heavy atom. The zero-order chi connectivity index (χ0) is 11.4. The lowest BCUT2D eigenvalue weighted by atomic mass is 10.3. The Hall–Kier alpha value is -1.29. The number of aromatic nitrogens is 1. The van der Waals surface area contributed by atoms with Crippen LogP contribution in [-0.4, -0.2) is 54.5 Å². The zero-order valence-electron chi connectivity index (χ0n) is 9.90. The molecule has 0 aliphatic rings. The van der Waals surface area contributed by atoms with Crippen LogP contribution >= 0.6 is 0 Å². The van der Waals surface area contributed by atoms with Gasteiger partial charge in [0, 0.05) is 33.4 Å². The van der Waals surface area contributed by atoms with Crippen LogP contribution in [0.2, 0.25) is 0 Å². The monoisotopic (exact) mass is 209 g/mol. The first-order chi connectivity index (χ1) is 7.02. The summed E-state index contributed by atoms with van der Waals surface area (Å²) in [5.74, 6) is 0.0735. The lowest BCUT2D eigenvalue weighted by Gasteiger charge is -2.19. The third-order valence-corrected chi connectivity index (χ3v) is 2.39. The van der Waals surface area contributed by atoms with E-state index >= 15 is 0 Å². The van der Waals surface area contributed by atoms with Crippen LogP contribution in [0.1, 0.15) is 10.5 Å². The smallest absolute Gasteiger partial charge is 0.270 e. The molecule has 0 spiro atoms. The Balaban J connectivity index is 2.57. The number of carbonyl (C=O) groups is 1. The molecule has 0 saturated carbocycles. The molecule has 0 bridgehead atoms. The van der Waals surface area contributed by atoms with Gasteiger partial charge in [-0.3, -0.25) is 4.79 Å². The molecule has 0 saturated heterocycles. The SMILES string of the molecule is CN(C)CCN(C)C(=O)c1cccn1C. The second-order valence-corrected chi connectivity index (χ2v) is 4.03. The maximum atomic E-state index is 11.9. The highest BCUT2D eigenvalue weighted by Gasteiger charge is 2.13. The summed E-state index contributed by atoms with van der Waals surface area (Å²) in [6, 6.07) is 3.72. The van der Waals surface area contributed by atoms with E-state index in [0.717, 1.165) is 18.8 Å². The number of amides is 1. The van der Waals surface area contributed by atoms with Crippen molar-refractivity contribution in [2.45, 2.75) is 0 Å². The number of nitrogens with zero attached hydrogens (tertiary/aromatic N) is 3. The van der Waals surface area contributed by atoms with Gasteiger partial charge in [-0.25, -0.2) is 0 Å². The minimum Gasteiger partial charge on any atom is -0.347 e. The fourth-order valence-electron chi connectivity index (χ4n) is 1.33. The summed E-state index contributed by atoms with van der Waals surface area (Å²) in [4.78, 5) is 15.7. The van der Waals surface area contributed by atoms with Crippen molar-refractivity contribution in [3.63, 3.8) is 0 Å². The first kappa shape index (κ1) is 11.8. The van der Waals surface area contributed by atoms with Gasteiger partial charge in [0.15, 0.2) is 0 Å². The molecule has 0 aromatic carbocycles. The highest BCUT2D eigenvalue weighted by molar-refractivity contribution is 5.92. The van der Waals surface area contributed by atoms with E-state index in [9.17, 15) is 4.79 Å². The minimum absolute atomic E-state index is 0.0735. The number of hydrogen-bond acceptors (Lipinski definition) is 2. The van der Waals surface area contributed by atoms with Crippen LogP contribution in [0.3, 0.4) is 0 Å². The average molecular weight is 209 g/mol. The van der Waals surface area contributed by atoms with Crippen molar-refractivity contribution >= 4 is 5.91 Å². The number of carbonyl (C=O) groups excluding carboxylic acids is 1. The second-order valence-electron chi connectivity index (χ2n) is 4.03. The van der Waals surface area contributed by atoms with Crippen LogP contribution in [0.25, 0.3) is 0 Å². The Morgan fingerprint density at radius 1 is 1.33 bits per heavy atom. The maximum absolute atomic E-state index is 11.9. The summed E-state index contributed by atoms with van der Waals surface area (Å²) in [5, 5.41) is 0. The van der Waals surface area contributed by atoms with Gasteiger partial charge in [-0.15, -0.1) is 0 Å². The van der Waals surface area contributed by atoms with Gasteiger partial charge in [0.2, 0.25) is 0 Å². The predicted molar refractivity (Wildman–Crippen MR) is 60.9 cm³/mol. The van der Waals surface area contributed by atoms with E-state index in [1.54, 1.807) is 4.90 Å². The Kier molecular flexibility index (Phi) is 3.91. The molecule has 1 amide bonds. The third-order valence-electron chi connectivity index (χ3n) is 2.39. The van der Waals surface area contributed by atoms with E-state index in [2.05, 4.69) is 4.90 Å². The molecular formula is C11H19N3O. The molecule has 0 aliphatic heterocycles. The van der Waals surface area contributed by atoms with Crippen molar-refractivity contribution < 1.29 is 4.79 Å². The van der Waals surface area contributed by atoms with Crippen molar-refractivity contribution in [2.75, 3.05) is 34.2 Å². The normalized spacial score (nSPS) is 10.7. The summed E-state index contributed by atoms with van der Waals surface area (Å²) in [7, 11) is 7.72. The fourth-order valence-corrected chi connectivity index (χ4v) is 1.33. The van der Waals surface area contributed by atoms with Crippen molar-refractivity contribution in [1.29, 1.82) is 0 Å². The van der Waals surface area contributed by atoms with Gasteiger partial charge in [-0.1, -0.05) is 0 Å². The molecule has 0 fully saturated rings. The van der Waals surface area contributed by atoms with Crippen LogP contribution in [-0.2, 0) is 7.05 Å². The van der Waals surface area contributed by atoms with Gasteiger partial charge in [-0.2, -0.15) is 0 Å². The standard InChI is InChI=1S/C11H19N3O/c1-12(2)8-9-14(4)11(15)10-6-5-7-13(10)3/h5-7H,8-9H2,1-4H3. The molecule has 1 aromatic rings. The van der Waals surface area contributed by atoms with Crippen molar-refractivity contribution in [2.24, 2.45) is 7.05 Å². The molecule has 0 atom stereocenters. The molecule has 0 radical (unpaired) electrons. The Bertz CT molecular complexity index is 330. The fraction of sp³-hybridized carbons (Fsp3) is 0.545. The average Bonchev–Trinajstić information content (AvgIpc) is 2.59. The third kappa shape index (κ3) is 3.09. The maximum Gasteiger partial charge on any atom is 0.270 e. The quantitative estimate of drug-likeness (QED) is 0.729. The molecule has 1 heterocycles. The Labute approximate surface area is 91.1 Å². The molecule has 1 aromatic heterocycles. The minimum atomic E-state index is 0.0735.